The van der Waals surface area contributed by atoms with Crippen LogP contribution >= 0.6 is 0 Å². The van der Waals surface area contributed by atoms with Gasteiger partial charge in [0.2, 0.25) is 5.91 Å². The fourth-order valence-electron chi connectivity index (χ4n) is 3.99. The molecule has 0 aliphatic carbocycles. The highest BCUT2D eigenvalue weighted by Crippen LogP contribution is 2.36. The molecule has 1 saturated heterocycles. The van der Waals surface area contributed by atoms with Gasteiger partial charge in [0, 0.05) is 26.6 Å². The Morgan fingerprint density at radius 3 is 2.87 bits per heavy atom. The summed E-state index contributed by atoms with van der Waals surface area (Å²) in [6.45, 7) is 9.13. The molecule has 1 atom stereocenters. The number of benzene rings is 1. The second kappa shape index (κ2) is 5.82. The minimum absolute atomic E-state index is 0.0934. The van der Waals surface area contributed by atoms with E-state index < -0.39 is 0 Å². The maximum absolute atomic E-state index is 12.2. The Bertz CT molecular complexity index is 611. The minimum atomic E-state index is -0.269. The summed E-state index contributed by atoms with van der Waals surface area (Å²) in [5.74, 6) is 1.18. The number of carbonyl (C=O) groups excluding carboxylic acids is 1. The molecule has 126 valence electrons. The van der Waals surface area contributed by atoms with E-state index in [2.05, 4.69) is 49.2 Å². The fraction of sp³-hybridized carbons (Fsp3) is 0.632. The summed E-state index contributed by atoms with van der Waals surface area (Å²) >= 11 is 0. The molecule has 23 heavy (non-hydrogen) atoms. The maximum atomic E-state index is 12.2. The summed E-state index contributed by atoms with van der Waals surface area (Å²) < 4.78 is 5.95. The van der Waals surface area contributed by atoms with Crippen molar-refractivity contribution in [1.29, 1.82) is 0 Å². The largest absolute Gasteiger partial charge is 0.487 e. The second-order valence-electron chi connectivity index (χ2n) is 7.93. The first kappa shape index (κ1) is 16.3. The minimum Gasteiger partial charge on any atom is -0.487 e. The molecule has 2 heterocycles. The first-order valence-corrected chi connectivity index (χ1v) is 8.57. The van der Waals surface area contributed by atoms with Crippen molar-refractivity contribution in [1.82, 2.24) is 10.2 Å². The highest BCUT2D eigenvalue weighted by Gasteiger charge is 2.37. The third kappa shape index (κ3) is 3.37. The van der Waals surface area contributed by atoms with E-state index in [9.17, 15) is 4.79 Å². The molecule has 0 spiro atoms. The predicted octanol–water partition coefficient (Wildman–Crippen LogP) is 2.75. The van der Waals surface area contributed by atoms with Gasteiger partial charge in [0.15, 0.2) is 0 Å². The number of rotatable bonds is 3. The van der Waals surface area contributed by atoms with Gasteiger partial charge in [-0.25, -0.2) is 0 Å². The van der Waals surface area contributed by atoms with Crippen LogP contribution in [0.3, 0.4) is 0 Å². The van der Waals surface area contributed by atoms with Crippen LogP contribution in [0.2, 0.25) is 0 Å². The van der Waals surface area contributed by atoms with Crippen molar-refractivity contribution in [3.8, 4) is 5.75 Å². The highest BCUT2D eigenvalue weighted by atomic mass is 16.5. The molecule has 1 amide bonds. The molecular formula is C19H28N2O2. The van der Waals surface area contributed by atoms with Crippen LogP contribution in [0.25, 0.3) is 0 Å². The smallest absolute Gasteiger partial charge is 0.226 e. The molecule has 0 aromatic heterocycles. The number of nitrogens with one attached hydrogen (secondary N) is 1. The fourth-order valence-corrected chi connectivity index (χ4v) is 3.99. The van der Waals surface area contributed by atoms with E-state index in [0.717, 1.165) is 44.6 Å². The van der Waals surface area contributed by atoms with Crippen LogP contribution in [-0.2, 0) is 17.8 Å². The van der Waals surface area contributed by atoms with Gasteiger partial charge in [0.25, 0.3) is 0 Å². The number of carbonyl (C=O) groups is 1. The molecule has 2 aliphatic rings. The van der Waals surface area contributed by atoms with Crippen molar-refractivity contribution >= 4 is 5.91 Å². The van der Waals surface area contributed by atoms with Gasteiger partial charge >= 0.3 is 0 Å². The zero-order chi connectivity index (χ0) is 16.7. The Kier molecular flexibility index (Phi) is 4.13. The molecule has 1 aromatic rings. The first-order chi connectivity index (χ1) is 10.8. The van der Waals surface area contributed by atoms with Gasteiger partial charge in [-0.1, -0.05) is 12.1 Å². The van der Waals surface area contributed by atoms with Gasteiger partial charge in [-0.2, -0.15) is 0 Å². The van der Waals surface area contributed by atoms with Crippen molar-refractivity contribution < 1.29 is 9.53 Å². The van der Waals surface area contributed by atoms with Gasteiger partial charge in [0.05, 0.1) is 5.41 Å². The average Bonchev–Trinajstić information content (AvgIpc) is 2.79. The van der Waals surface area contributed by atoms with Crippen LogP contribution in [-0.4, -0.2) is 36.5 Å². The number of fused-ring (bicyclic) bond motifs is 1. The van der Waals surface area contributed by atoms with E-state index in [0.29, 0.717) is 0 Å². The molecule has 4 nitrogen and oxygen atoms in total. The summed E-state index contributed by atoms with van der Waals surface area (Å²) in [7, 11) is 1.73. The van der Waals surface area contributed by atoms with E-state index in [1.165, 1.54) is 11.1 Å². The molecule has 1 aromatic carbocycles. The lowest BCUT2D eigenvalue weighted by Crippen LogP contribution is -2.49. The van der Waals surface area contributed by atoms with Crippen LogP contribution in [0.15, 0.2) is 18.2 Å². The lowest BCUT2D eigenvalue weighted by Gasteiger charge is -2.39. The van der Waals surface area contributed by atoms with Gasteiger partial charge in [0.1, 0.15) is 11.4 Å². The summed E-state index contributed by atoms with van der Waals surface area (Å²) in [4.78, 5) is 14.6. The third-order valence-electron chi connectivity index (χ3n) is 5.08. The van der Waals surface area contributed by atoms with Crippen LogP contribution in [0.4, 0.5) is 0 Å². The number of likely N-dealkylation sites (tertiary alicyclic amines) is 1. The Hall–Kier alpha value is -1.55. The number of ether oxygens (including phenoxy) is 1. The lowest BCUT2D eigenvalue weighted by molar-refractivity contribution is -0.132. The maximum Gasteiger partial charge on any atom is 0.226 e. The summed E-state index contributed by atoms with van der Waals surface area (Å²) in [6, 6.07) is 6.53. The Morgan fingerprint density at radius 2 is 2.13 bits per heavy atom. The molecular weight excluding hydrogens is 288 g/mol. The highest BCUT2D eigenvalue weighted by molar-refractivity contribution is 5.82. The number of piperidine rings is 1. The zero-order valence-corrected chi connectivity index (χ0v) is 14.7. The van der Waals surface area contributed by atoms with Crippen molar-refractivity contribution in [2.24, 2.45) is 5.41 Å². The Labute approximate surface area is 139 Å². The summed E-state index contributed by atoms with van der Waals surface area (Å²) in [6.07, 6.45) is 3.01. The van der Waals surface area contributed by atoms with Gasteiger partial charge in [-0.05, 0) is 57.4 Å². The van der Waals surface area contributed by atoms with E-state index in [1.807, 2.05) is 0 Å². The standard InChI is InChI=1S/C19H28N2O2/c1-18(2)11-15-10-14(6-7-16(15)23-18)12-21-9-5-8-19(3,13-21)17(22)20-4/h6-7,10H,5,8-9,11-13H2,1-4H3,(H,20,22). The molecule has 2 aliphatic heterocycles. The SMILES string of the molecule is CNC(=O)C1(C)CCCN(Cc2ccc3c(c2)CC(C)(C)O3)C1. The van der Waals surface area contributed by atoms with Crippen molar-refractivity contribution in [3.63, 3.8) is 0 Å². The van der Waals surface area contributed by atoms with Gasteiger partial charge in [-0.3, -0.25) is 9.69 Å². The van der Waals surface area contributed by atoms with E-state index >= 15 is 0 Å². The topological polar surface area (TPSA) is 41.6 Å². The molecule has 3 rings (SSSR count). The van der Waals surface area contributed by atoms with E-state index in [1.54, 1.807) is 7.05 Å². The van der Waals surface area contributed by atoms with Gasteiger partial charge in [-0.15, -0.1) is 0 Å². The lowest BCUT2D eigenvalue weighted by atomic mass is 9.81. The van der Waals surface area contributed by atoms with Crippen LogP contribution < -0.4 is 10.1 Å². The third-order valence-corrected chi connectivity index (χ3v) is 5.08. The molecule has 1 N–H and O–H groups in total. The predicted molar refractivity (Wildman–Crippen MR) is 91.5 cm³/mol. The summed E-state index contributed by atoms with van der Waals surface area (Å²) in [5, 5.41) is 2.82. The van der Waals surface area contributed by atoms with Crippen LogP contribution in [0.1, 0.15) is 44.7 Å². The molecule has 0 saturated carbocycles. The molecule has 4 heteroatoms. The molecule has 0 radical (unpaired) electrons. The van der Waals surface area contributed by atoms with Crippen LogP contribution in [0, 0.1) is 5.41 Å². The molecule has 1 unspecified atom stereocenters. The average molecular weight is 316 g/mol. The van der Waals surface area contributed by atoms with Crippen LogP contribution in [0.5, 0.6) is 5.75 Å². The molecule has 1 fully saturated rings. The number of nitrogens with zero attached hydrogens (tertiary/aromatic N) is 1. The van der Waals surface area contributed by atoms with E-state index in [4.69, 9.17) is 4.74 Å². The Balaban J connectivity index is 1.70. The van der Waals surface area contributed by atoms with E-state index in [-0.39, 0.29) is 16.9 Å². The van der Waals surface area contributed by atoms with Crippen molar-refractivity contribution in [2.45, 2.75) is 52.2 Å². The van der Waals surface area contributed by atoms with Crippen molar-refractivity contribution in [3.05, 3.63) is 29.3 Å². The van der Waals surface area contributed by atoms with Crippen molar-refractivity contribution in [2.75, 3.05) is 20.1 Å². The zero-order valence-electron chi connectivity index (χ0n) is 14.7. The molecule has 0 bridgehead atoms. The number of amides is 1. The number of hydrogen-bond acceptors (Lipinski definition) is 3. The first-order valence-electron chi connectivity index (χ1n) is 8.57. The monoisotopic (exact) mass is 316 g/mol. The normalized spacial score (nSPS) is 26.4. The summed E-state index contributed by atoms with van der Waals surface area (Å²) in [5.41, 5.74) is 2.25. The second-order valence-corrected chi connectivity index (χ2v) is 7.93. The van der Waals surface area contributed by atoms with Gasteiger partial charge < -0.3 is 10.1 Å². The quantitative estimate of drug-likeness (QED) is 0.932. The Morgan fingerprint density at radius 1 is 1.35 bits per heavy atom. The number of hydrogen-bond donors (Lipinski definition) is 1.